The Bertz CT molecular complexity index is 357. The molecule has 0 bridgehead atoms. The van der Waals surface area contributed by atoms with Crippen molar-refractivity contribution < 1.29 is 18.3 Å². The second kappa shape index (κ2) is 4.63. The molecule has 0 radical (unpaired) electrons. The van der Waals surface area contributed by atoms with Crippen LogP contribution in [-0.2, 0) is 0 Å². The van der Waals surface area contributed by atoms with Crippen LogP contribution in [0.25, 0.3) is 0 Å². The Morgan fingerprint density at radius 1 is 1.64 bits per heavy atom. The summed E-state index contributed by atoms with van der Waals surface area (Å²) in [5.41, 5.74) is -0.200. The molecule has 6 heteroatoms. The number of halogens is 3. The smallest absolute Gasteiger partial charge is 0.284 e. The second-order valence-electron chi connectivity index (χ2n) is 2.36. The number of aldehydes is 1. The lowest BCUT2D eigenvalue weighted by Crippen LogP contribution is -2.01. The van der Waals surface area contributed by atoms with Crippen LogP contribution in [0.15, 0.2) is 6.20 Å². The van der Waals surface area contributed by atoms with E-state index in [0.717, 1.165) is 6.20 Å². The number of rotatable bonds is 3. The zero-order valence-corrected chi connectivity index (χ0v) is 9.29. The highest BCUT2D eigenvalue weighted by atomic mass is 127. The molecule has 0 aromatic carbocycles. The number of hydrogen-bond acceptors (Lipinski definition) is 3. The first kappa shape index (κ1) is 11.3. The van der Waals surface area contributed by atoms with Crippen molar-refractivity contribution in [1.29, 1.82) is 0 Å². The van der Waals surface area contributed by atoms with E-state index in [1.165, 1.54) is 7.11 Å². The Labute approximate surface area is 92.6 Å². The molecule has 14 heavy (non-hydrogen) atoms. The van der Waals surface area contributed by atoms with Gasteiger partial charge in [0.2, 0.25) is 0 Å². The van der Waals surface area contributed by atoms with Crippen LogP contribution in [-0.4, -0.2) is 18.4 Å². The third-order valence-electron chi connectivity index (χ3n) is 1.57. The first-order chi connectivity index (χ1) is 6.61. The molecule has 0 spiro atoms. The van der Waals surface area contributed by atoms with Gasteiger partial charge in [0.05, 0.1) is 10.7 Å². The van der Waals surface area contributed by atoms with Gasteiger partial charge >= 0.3 is 0 Å². The number of alkyl halides is 2. The third kappa shape index (κ3) is 1.99. The number of nitrogens with zero attached hydrogens (tertiary/aromatic N) is 1. The molecule has 0 fully saturated rings. The summed E-state index contributed by atoms with van der Waals surface area (Å²) in [6.45, 7) is 0. The lowest BCUT2D eigenvalue weighted by atomic mass is 10.2. The molecule has 0 amide bonds. The Morgan fingerprint density at radius 2 is 2.29 bits per heavy atom. The van der Waals surface area contributed by atoms with Gasteiger partial charge in [-0.05, 0) is 22.6 Å². The first-order valence-corrected chi connectivity index (χ1v) is 4.65. The molecular formula is C8H6F2INO2. The fourth-order valence-corrected chi connectivity index (χ4v) is 1.69. The lowest BCUT2D eigenvalue weighted by Gasteiger charge is -2.09. The molecule has 0 N–H and O–H groups in total. The number of ether oxygens (including phenoxy) is 1. The standard InChI is InChI=1S/C8H6F2INO2/c1-14-7-5(11)4(3-13)2-12-6(7)8(9)10/h2-3,8H,1H3. The summed E-state index contributed by atoms with van der Waals surface area (Å²) in [7, 11) is 1.26. The normalized spacial score (nSPS) is 10.4. The molecule has 0 aliphatic carbocycles. The van der Waals surface area contributed by atoms with Gasteiger partial charge in [0.1, 0.15) is 5.69 Å². The zero-order chi connectivity index (χ0) is 10.7. The Hall–Kier alpha value is -0.790. The molecule has 1 aromatic rings. The van der Waals surface area contributed by atoms with Crippen LogP contribution in [0.5, 0.6) is 5.75 Å². The van der Waals surface area contributed by atoms with Crippen molar-refractivity contribution >= 4 is 28.9 Å². The van der Waals surface area contributed by atoms with Gasteiger partial charge in [0, 0.05) is 11.8 Å². The number of aromatic nitrogens is 1. The van der Waals surface area contributed by atoms with E-state index in [2.05, 4.69) is 4.98 Å². The van der Waals surface area contributed by atoms with Crippen LogP contribution >= 0.6 is 22.6 Å². The maximum atomic E-state index is 12.4. The van der Waals surface area contributed by atoms with Gasteiger partial charge in [-0.3, -0.25) is 9.78 Å². The van der Waals surface area contributed by atoms with Crippen molar-refractivity contribution in [2.45, 2.75) is 6.43 Å². The molecule has 0 aliphatic heterocycles. The van der Waals surface area contributed by atoms with Crippen LogP contribution < -0.4 is 4.74 Å². The van der Waals surface area contributed by atoms with E-state index in [-0.39, 0.29) is 11.3 Å². The highest BCUT2D eigenvalue weighted by Crippen LogP contribution is 2.32. The molecule has 0 saturated heterocycles. The Kier molecular flexibility index (Phi) is 3.73. The maximum absolute atomic E-state index is 12.4. The largest absolute Gasteiger partial charge is 0.493 e. The number of carbonyl (C=O) groups excluding carboxylic acids is 1. The molecular weight excluding hydrogens is 307 g/mol. The van der Waals surface area contributed by atoms with Crippen molar-refractivity contribution in [2.24, 2.45) is 0 Å². The number of carbonyl (C=O) groups is 1. The van der Waals surface area contributed by atoms with Crippen molar-refractivity contribution in [3.8, 4) is 5.75 Å². The first-order valence-electron chi connectivity index (χ1n) is 3.57. The van der Waals surface area contributed by atoms with Crippen molar-refractivity contribution in [1.82, 2.24) is 4.98 Å². The van der Waals surface area contributed by atoms with Crippen LogP contribution in [0.1, 0.15) is 22.5 Å². The summed E-state index contributed by atoms with van der Waals surface area (Å²) < 4.78 is 29.9. The van der Waals surface area contributed by atoms with Gasteiger partial charge in [-0.25, -0.2) is 8.78 Å². The third-order valence-corrected chi connectivity index (χ3v) is 2.68. The number of hydrogen-bond donors (Lipinski definition) is 0. The fraction of sp³-hybridized carbons (Fsp3) is 0.250. The number of pyridine rings is 1. The van der Waals surface area contributed by atoms with Crippen molar-refractivity contribution in [3.05, 3.63) is 21.0 Å². The van der Waals surface area contributed by atoms with Crippen LogP contribution in [0.2, 0.25) is 0 Å². The maximum Gasteiger partial charge on any atom is 0.284 e. The van der Waals surface area contributed by atoms with Gasteiger partial charge in [-0.15, -0.1) is 0 Å². The predicted molar refractivity (Wildman–Crippen MR) is 53.9 cm³/mol. The molecule has 1 aromatic heterocycles. The molecule has 0 unspecified atom stereocenters. The van der Waals surface area contributed by atoms with E-state index in [1.54, 1.807) is 22.6 Å². The van der Waals surface area contributed by atoms with E-state index < -0.39 is 12.1 Å². The summed E-state index contributed by atoms with van der Waals surface area (Å²) in [5.74, 6) is -0.0369. The molecule has 0 atom stereocenters. The molecule has 1 rings (SSSR count). The molecule has 0 saturated carbocycles. The van der Waals surface area contributed by atoms with Gasteiger partial charge < -0.3 is 4.74 Å². The van der Waals surface area contributed by atoms with E-state index in [4.69, 9.17) is 4.74 Å². The second-order valence-corrected chi connectivity index (χ2v) is 3.44. The van der Waals surface area contributed by atoms with Gasteiger partial charge in [0.15, 0.2) is 12.0 Å². The molecule has 1 heterocycles. The van der Waals surface area contributed by atoms with E-state index >= 15 is 0 Å². The minimum Gasteiger partial charge on any atom is -0.493 e. The summed E-state index contributed by atoms with van der Waals surface area (Å²) in [5, 5.41) is 0. The minimum atomic E-state index is -2.71. The predicted octanol–water partition coefficient (Wildman–Crippen LogP) is 2.44. The SMILES string of the molecule is COc1c(C(F)F)ncc(C=O)c1I. The summed E-state index contributed by atoms with van der Waals surface area (Å²) in [6.07, 6.45) is -1.05. The summed E-state index contributed by atoms with van der Waals surface area (Å²) >= 11 is 1.77. The minimum absolute atomic E-state index is 0.0369. The van der Waals surface area contributed by atoms with Crippen molar-refractivity contribution in [3.63, 3.8) is 0 Å². The van der Waals surface area contributed by atoms with Gasteiger partial charge in [-0.2, -0.15) is 0 Å². The Morgan fingerprint density at radius 3 is 2.71 bits per heavy atom. The van der Waals surface area contributed by atoms with Crippen LogP contribution in [0, 0.1) is 3.57 Å². The summed E-state index contributed by atoms with van der Waals surface area (Å²) in [6, 6.07) is 0. The topological polar surface area (TPSA) is 39.2 Å². The molecule has 0 aliphatic rings. The highest BCUT2D eigenvalue weighted by molar-refractivity contribution is 14.1. The zero-order valence-electron chi connectivity index (χ0n) is 7.13. The van der Waals surface area contributed by atoms with Crippen LogP contribution in [0.3, 0.4) is 0 Å². The van der Waals surface area contributed by atoms with Crippen LogP contribution in [0.4, 0.5) is 8.78 Å². The van der Waals surface area contributed by atoms with Gasteiger partial charge in [-0.1, -0.05) is 0 Å². The fourth-order valence-electron chi connectivity index (χ4n) is 0.930. The highest BCUT2D eigenvalue weighted by Gasteiger charge is 2.20. The average Bonchev–Trinajstić information content (AvgIpc) is 2.17. The molecule has 3 nitrogen and oxygen atoms in total. The number of methoxy groups -OCH3 is 1. The van der Waals surface area contributed by atoms with E-state index in [0.29, 0.717) is 9.86 Å². The van der Waals surface area contributed by atoms with E-state index in [1.807, 2.05) is 0 Å². The quantitative estimate of drug-likeness (QED) is 0.635. The van der Waals surface area contributed by atoms with Gasteiger partial charge in [0.25, 0.3) is 6.43 Å². The monoisotopic (exact) mass is 313 g/mol. The average molecular weight is 313 g/mol. The molecule has 76 valence electrons. The lowest BCUT2D eigenvalue weighted by molar-refractivity contribution is 0.111. The van der Waals surface area contributed by atoms with E-state index in [9.17, 15) is 13.6 Å². The Balaban J connectivity index is 3.35. The summed E-state index contributed by atoms with van der Waals surface area (Å²) in [4.78, 5) is 14.0. The van der Waals surface area contributed by atoms with Crippen molar-refractivity contribution in [2.75, 3.05) is 7.11 Å².